The van der Waals surface area contributed by atoms with Crippen molar-refractivity contribution < 1.29 is 9.90 Å². The van der Waals surface area contributed by atoms with Gasteiger partial charge in [-0.05, 0) is 18.1 Å². The van der Waals surface area contributed by atoms with Crippen LogP contribution in [0.25, 0.3) is 0 Å². The van der Waals surface area contributed by atoms with E-state index in [2.05, 4.69) is 22.3 Å². The fourth-order valence-corrected chi connectivity index (χ4v) is 2.18. The van der Waals surface area contributed by atoms with E-state index in [1.54, 1.807) is 0 Å². The molecule has 1 atom stereocenters. The van der Waals surface area contributed by atoms with Gasteiger partial charge in [0.05, 0.1) is 0 Å². The molecule has 1 amide bonds. The van der Waals surface area contributed by atoms with Crippen molar-refractivity contribution in [2.75, 3.05) is 6.54 Å². The lowest BCUT2D eigenvalue weighted by Gasteiger charge is -2.19. The summed E-state index contributed by atoms with van der Waals surface area (Å²) in [5, 5.41) is 11.1. The minimum absolute atomic E-state index is 0.0354. The second-order valence-electron chi connectivity index (χ2n) is 4.29. The standard InChI is InChI=1S/C12H16N2O2/c1-9(13-12(15)16)6-14-7-10-4-2-3-5-11(10)8-14/h2-5,9,13H,6-8H2,1H3,(H,15,16). The number of hydrogen-bond acceptors (Lipinski definition) is 2. The predicted molar refractivity (Wildman–Crippen MR) is 61.2 cm³/mol. The Balaban J connectivity index is 1.89. The molecule has 0 fully saturated rings. The molecule has 0 aliphatic carbocycles. The molecule has 1 aliphatic rings. The molecule has 4 heteroatoms. The predicted octanol–water partition coefficient (Wildman–Crippen LogP) is 1.66. The molecule has 1 unspecified atom stereocenters. The number of nitrogens with one attached hydrogen (secondary N) is 1. The second-order valence-corrected chi connectivity index (χ2v) is 4.29. The molecule has 0 radical (unpaired) electrons. The first kappa shape index (κ1) is 11.0. The summed E-state index contributed by atoms with van der Waals surface area (Å²) in [6, 6.07) is 8.31. The lowest BCUT2D eigenvalue weighted by Crippen LogP contribution is -2.39. The van der Waals surface area contributed by atoms with Gasteiger partial charge in [0.1, 0.15) is 0 Å². The fourth-order valence-electron chi connectivity index (χ4n) is 2.18. The Labute approximate surface area is 94.9 Å². The normalized spacial score (nSPS) is 16.8. The smallest absolute Gasteiger partial charge is 0.404 e. The Hall–Kier alpha value is -1.55. The van der Waals surface area contributed by atoms with Crippen molar-refractivity contribution in [3.8, 4) is 0 Å². The zero-order valence-corrected chi connectivity index (χ0v) is 9.31. The monoisotopic (exact) mass is 220 g/mol. The van der Waals surface area contributed by atoms with Crippen LogP contribution in [0.4, 0.5) is 4.79 Å². The van der Waals surface area contributed by atoms with Gasteiger partial charge in [0.15, 0.2) is 0 Å². The molecule has 16 heavy (non-hydrogen) atoms. The first-order valence-electron chi connectivity index (χ1n) is 5.44. The van der Waals surface area contributed by atoms with E-state index in [1.807, 2.05) is 19.1 Å². The van der Waals surface area contributed by atoms with Gasteiger partial charge in [-0.25, -0.2) is 4.79 Å². The van der Waals surface area contributed by atoms with Crippen molar-refractivity contribution in [2.24, 2.45) is 0 Å². The number of fused-ring (bicyclic) bond motifs is 1. The van der Waals surface area contributed by atoms with Crippen molar-refractivity contribution in [1.82, 2.24) is 10.2 Å². The molecular weight excluding hydrogens is 204 g/mol. The summed E-state index contributed by atoms with van der Waals surface area (Å²) in [6.45, 7) is 4.47. The van der Waals surface area contributed by atoms with Gasteiger partial charge in [-0.3, -0.25) is 4.90 Å². The Morgan fingerprint density at radius 1 is 1.44 bits per heavy atom. The molecule has 1 aliphatic heterocycles. The molecule has 1 aromatic rings. The van der Waals surface area contributed by atoms with E-state index in [9.17, 15) is 4.79 Å². The SMILES string of the molecule is CC(CN1Cc2ccccc2C1)NC(=O)O. The minimum atomic E-state index is -0.954. The van der Waals surface area contributed by atoms with Gasteiger partial charge in [0.25, 0.3) is 0 Å². The van der Waals surface area contributed by atoms with Gasteiger partial charge in [0, 0.05) is 25.7 Å². The molecule has 0 aromatic heterocycles. The molecule has 86 valence electrons. The highest BCUT2D eigenvalue weighted by molar-refractivity contribution is 5.64. The van der Waals surface area contributed by atoms with Crippen LogP contribution in [0.1, 0.15) is 18.1 Å². The van der Waals surface area contributed by atoms with Crippen LogP contribution in [0.5, 0.6) is 0 Å². The van der Waals surface area contributed by atoms with Crippen molar-refractivity contribution in [1.29, 1.82) is 0 Å². The third-order valence-electron chi connectivity index (χ3n) is 2.81. The average molecular weight is 220 g/mol. The van der Waals surface area contributed by atoms with Gasteiger partial charge in [-0.15, -0.1) is 0 Å². The average Bonchev–Trinajstić information content (AvgIpc) is 2.57. The maximum absolute atomic E-state index is 10.5. The van der Waals surface area contributed by atoms with E-state index in [0.717, 1.165) is 19.6 Å². The summed E-state index contributed by atoms with van der Waals surface area (Å²) < 4.78 is 0. The molecular formula is C12H16N2O2. The summed E-state index contributed by atoms with van der Waals surface area (Å²) >= 11 is 0. The number of nitrogens with zero attached hydrogens (tertiary/aromatic N) is 1. The molecule has 2 rings (SSSR count). The van der Waals surface area contributed by atoms with Crippen LogP contribution in [0, 0.1) is 0 Å². The van der Waals surface area contributed by atoms with Crippen LogP contribution in [0.3, 0.4) is 0 Å². The van der Waals surface area contributed by atoms with E-state index in [4.69, 9.17) is 5.11 Å². The van der Waals surface area contributed by atoms with Crippen molar-refractivity contribution in [3.05, 3.63) is 35.4 Å². The highest BCUT2D eigenvalue weighted by Gasteiger charge is 2.20. The van der Waals surface area contributed by atoms with Crippen molar-refractivity contribution >= 4 is 6.09 Å². The van der Waals surface area contributed by atoms with Crippen molar-refractivity contribution in [2.45, 2.75) is 26.1 Å². The second kappa shape index (κ2) is 4.53. The molecule has 0 saturated carbocycles. The van der Waals surface area contributed by atoms with Gasteiger partial charge in [0.2, 0.25) is 0 Å². The Morgan fingerprint density at radius 2 is 2.00 bits per heavy atom. The quantitative estimate of drug-likeness (QED) is 0.814. The van der Waals surface area contributed by atoms with E-state index in [-0.39, 0.29) is 6.04 Å². The Morgan fingerprint density at radius 3 is 2.50 bits per heavy atom. The van der Waals surface area contributed by atoms with Gasteiger partial charge >= 0.3 is 6.09 Å². The summed E-state index contributed by atoms with van der Waals surface area (Å²) in [6.07, 6.45) is -0.954. The van der Waals surface area contributed by atoms with E-state index >= 15 is 0 Å². The number of carboxylic acid groups (broad SMARTS) is 1. The van der Waals surface area contributed by atoms with E-state index in [0.29, 0.717) is 0 Å². The molecule has 0 bridgehead atoms. The topological polar surface area (TPSA) is 52.6 Å². The molecule has 0 spiro atoms. The maximum atomic E-state index is 10.5. The van der Waals surface area contributed by atoms with Gasteiger partial charge in [-0.1, -0.05) is 24.3 Å². The molecule has 4 nitrogen and oxygen atoms in total. The number of rotatable bonds is 3. The van der Waals surface area contributed by atoms with Crippen LogP contribution in [-0.2, 0) is 13.1 Å². The number of amides is 1. The van der Waals surface area contributed by atoms with Crippen LogP contribution < -0.4 is 5.32 Å². The summed E-state index contributed by atoms with van der Waals surface area (Å²) in [4.78, 5) is 12.7. The van der Waals surface area contributed by atoms with Crippen LogP contribution >= 0.6 is 0 Å². The van der Waals surface area contributed by atoms with Gasteiger partial charge in [-0.2, -0.15) is 0 Å². The first-order chi connectivity index (χ1) is 7.65. The summed E-state index contributed by atoms with van der Waals surface area (Å²) in [7, 11) is 0. The third-order valence-corrected chi connectivity index (χ3v) is 2.81. The molecule has 1 aromatic carbocycles. The fraction of sp³-hybridized carbons (Fsp3) is 0.417. The summed E-state index contributed by atoms with van der Waals surface area (Å²) in [5.41, 5.74) is 2.70. The highest BCUT2D eigenvalue weighted by atomic mass is 16.4. The van der Waals surface area contributed by atoms with E-state index < -0.39 is 6.09 Å². The molecule has 2 N–H and O–H groups in total. The molecule has 0 saturated heterocycles. The van der Waals surface area contributed by atoms with E-state index in [1.165, 1.54) is 11.1 Å². The summed E-state index contributed by atoms with van der Waals surface area (Å²) in [5.74, 6) is 0. The number of benzene rings is 1. The lowest BCUT2D eigenvalue weighted by molar-refractivity contribution is 0.183. The number of hydrogen-bond donors (Lipinski definition) is 2. The third kappa shape index (κ3) is 2.52. The first-order valence-corrected chi connectivity index (χ1v) is 5.44. The maximum Gasteiger partial charge on any atom is 0.404 e. The highest BCUT2D eigenvalue weighted by Crippen LogP contribution is 2.21. The van der Waals surface area contributed by atoms with Crippen LogP contribution in [0.2, 0.25) is 0 Å². The molecule has 1 heterocycles. The largest absolute Gasteiger partial charge is 0.465 e. The zero-order chi connectivity index (χ0) is 11.5. The Bertz CT molecular complexity index is 367. The Kier molecular flexibility index (Phi) is 3.10. The van der Waals surface area contributed by atoms with Gasteiger partial charge < -0.3 is 10.4 Å². The lowest BCUT2D eigenvalue weighted by atomic mass is 10.1. The van der Waals surface area contributed by atoms with Crippen molar-refractivity contribution in [3.63, 3.8) is 0 Å². The number of carbonyl (C=O) groups is 1. The van der Waals surface area contributed by atoms with Crippen LogP contribution in [0.15, 0.2) is 24.3 Å². The van der Waals surface area contributed by atoms with Crippen LogP contribution in [-0.4, -0.2) is 28.7 Å². The zero-order valence-electron chi connectivity index (χ0n) is 9.31. The minimum Gasteiger partial charge on any atom is -0.465 e.